The summed E-state index contributed by atoms with van der Waals surface area (Å²) in [5, 5.41) is 0. The molecular weight excluding hydrogens is 334 g/mol. The summed E-state index contributed by atoms with van der Waals surface area (Å²) in [6, 6.07) is 17.1. The van der Waals surface area contributed by atoms with Crippen LogP contribution < -0.4 is 15.2 Å². The highest BCUT2D eigenvalue weighted by atomic mass is 35.5. The lowest BCUT2D eigenvalue weighted by Crippen LogP contribution is -2.31. The van der Waals surface area contributed by atoms with Gasteiger partial charge in [-0.15, -0.1) is 12.4 Å². The molecule has 25 heavy (non-hydrogen) atoms. The van der Waals surface area contributed by atoms with Crippen LogP contribution in [0.25, 0.3) is 0 Å². The summed E-state index contributed by atoms with van der Waals surface area (Å²) in [4.78, 5) is 0. The van der Waals surface area contributed by atoms with E-state index in [4.69, 9.17) is 15.2 Å². The van der Waals surface area contributed by atoms with Crippen molar-refractivity contribution in [3.05, 3.63) is 59.7 Å². The summed E-state index contributed by atoms with van der Waals surface area (Å²) < 4.78 is 12.4. The molecule has 134 valence electrons. The van der Waals surface area contributed by atoms with Crippen LogP contribution in [0.3, 0.4) is 0 Å². The van der Waals surface area contributed by atoms with Crippen molar-refractivity contribution in [1.82, 2.24) is 0 Å². The van der Waals surface area contributed by atoms with Crippen molar-refractivity contribution >= 4 is 12.4 Å². The molecule has 1 aliphatic carbocycles. The number of hydrogen-bond acceptors (Lipinski definition) is 3. The Kier molecular flexibility index (Phi) is 5.87. The summed E-state index contributed by atoms with van der Waals surface area (Å²) in [5.74, 6) is 1.96. The van der Waals surface area contributed by atoms with E-state index < -0.39 is 0 Å². The van der Waals surface area contributed by atoms with Crippen LogP contribution in [-0.2, 0) is 6.42 Å². The SMILES string of the molecule is Cl.NC1CCC(Oc2ccc3c(c2)CCC(c2ccccc2)O3)CC1. The largest absolute Gasteiger partial charge is 0.490 e. The monoisotopic (exact) mass is 359 g/mol. The first kappa shape index (κ1) is 18.1. The zero-order valence-corrected chi connectivity index (χ0v) is 15.2. The van der Waals surface area contributed by atoms with Gasteiger partial charge in [0.2, 0.25) is 0 Å². The minimum Gasteiger partial charge on any atom is -0.490 e. The Hall–Kier alpha value is -1.71. The van der Waals surface area contributed by atoms with E-state index in [0.717, 1.165) is 50.0 Å². The summed E-state index contributed by atoms with van der Waals surface area (Å²) in [7, 11) is 0. The van der Waals surface area contributed by atoms with E-state index in [-0.39, 0.29) is 18.5 Å². The molecule has 1 saturated carbocycles. The van der Waals surface area contributed by atoms with Gasteiger partial charge in [0, 0.05) is 6.04 Å². The van der Waals surface area contributed by atoms with E-state index in [9.17, 15) is 0 Å². The maximum absolute atomic E-state index is 6.20. The van der Waals surface area contributed by atoms with E-state index in [1.165, 1.54) is 11.1 Å². The number of benzene rings is 2. The molecule has 0 radical (unpaired) electrons. The summed E-state index contributed by atoms with van der Waals surface area (Å²) in [6.07, 6.45) is 6.76. The Labute approximate surface area is 155 Å². The van der Waals surface area contributed by atoms with Crippen LogP contribution in [0.4, 0.5) is 0 Å². The molecule has 1 heterocycles. The highest BCUT2D eigenvalue weighted by molar-refractivity contribution is 5.85. The molecule has 2 aliphatic rings. The van der Waals surface area contributed by atoms with E-state index in [1.807, 2.05) is 12.1 Å². The lowest BCUT2D eigenvalue weighted by molar-refractivity contribution is 0.145. The molecule has 2 aromatic carbocycles. The molecule has 0 spiro atoms. The molecule has 3 nitrogen and oxygen atoms in total. The molecule has 2 aromatic rings. The molecule has 0 bridgehead atoms. The molecule has 0 aromatic heterocycles. The van der Waals surface area contributed by atoms with E-state index >= 15 is 0 Å². The van der Waals surface area contributed by atoms with Gasteiger partial charge in [-0.1, -0.05) is 30.3 Å². The first-order valence-corrected chi connectivity index (χ1v) is 9.05. The number of aryl methyl sites for hydroxylation is 1. The standard InChI is InChI=1S/C21H25NO2.ClH/c22-17-7-9-18(10-8-17)23-19-11-13-21-16(14-19)6-12-20(24-21)15-4-2-1-3-5-15;/h1-5,11,13-14,17-18,20H,6-10,12,22H2;1H. The van der Waals surface area contributed by atoms with Gasteiger partial charge in [-0.05, 0) is 67.9 Å². The van der Waals surface area contributed by atoms with Gasteiger partial charge in [-0.2, -0.15) is 0 Å². The van der Waals surface area contributed by atoms with Crippen molar-refractivity contribution in [3.8, 4) is 11.5 Å². The molecule has 1 unspecified atom stereocenters. The summed E-state index contributed by atoms with van der Waals surface area (Å²) >= 11 is 0. The Morgan fingerprint density at radius 1 is 0.920 bits per heavy atom. The van der Waals surface area contributed by atoms with Gasteiger partial charge in [-0.3, -0.25) is 0 Å². The van der Waals surface area contributed by atoms with E-state index in [1.54, 1.807) is 0 Å². The molecule has 2 N–H and O–H groups in total. The highest BCUT2D eigenvalue weighted by Crippen LogP contribution is 2.37. The Morgan fingerprint density at radius 3 is 2.44 bits per heavy atom. The molecule has 1 aliphatic heterocycles. The van der Waals surface area contributed by atoms with Gasteiger partial charge < -0.3 is 15.2 Å². The van der Waals surface area contributed by atoms with E-state index in [2.05, 4.69) is 36.4 Å². The first-order valence-electron chi connectivity index (χ1n) is 9.05. The van der Waals surface area contributed by atoms with Gasteiger partial charge in [-0.25, -0.2) is 0 Å². The van der Waals surface area contributed by atoms with Crippen LogP contribution in [0, 0.1) is 0 Å². The van der Waals surface area contributed by atoms with Gasteiger partial charge in [0.05, 0.1) is 6.10 Å². The average Bonchev–Trinajstić information content (AvgIpc) is 2.64. The van der Waals surface area contributed by atoms with Crippen molar-refractivity contribution in [2.24, 2.45) is 5.73 Å². The third-order valence-corrected chi connectivity index (χ3v) is 5.17. The quantitative estimate of drug-likeness (QED) is 0.854. The van der Waals surface area contributed by atoms with Crippen LogP contribution in [0.15, 0.2) is 48.5 Å². The number of fused-ring (bicyclic) bond motifs is 1. The lowest BCUT2D eigenvalue weighted by atomic mass is 9.93. The normalized spacial score (nSPS) is 25.2. The van der Waals surface area contributed by atoms with Crippen LogP contribution >= 0.6 is 12.4 Å². The van der Waals surface area contributed by atoms with E-state index in [0.29, 0.717) is 12.1 Å². The van der Waals surface area contributed by atoms with Crippen LogP contribution in [-0.4, -0.2) is 12.1 Å². The Bertz CT molecular complexity index is 684. The van der Waals surface area contributed by atoms with Crippen molar-refractivity contribution in [3.63, 3.8) is 0 Å². The van der Waals surface area contributed by atoms with Gasteiger partial charge >= 0.3 is 0 Å². The molecular formula is C21H26ClNO2. The van der Waals surface area contributed by atoms with Crippen molar-refractivity contribution in [2.75, 3.05) is 0 Å². The minimum absolute atomic E-state index is 0. The lowest BCUT2D eigenvalue weighted by Gasteiger charge is -2.29. The Morgan fingerprint density at radius 2 is 1.68 bits per heavy atom. The highest BCUT2D eigenvalue weighted by Gasteiger charge is 2.23. The second-order valence-electron chi connectivity index (χ2n) is 6.98. The zero-order chi connectivity index (χ0) is 16.4. The number of ether oxygens (including phenoxy) is 2. The third kappa shape index (κ3) is 4.28. The number of rotatable bonds is 3. The maximum Gasteiger partial charge on any atom is 0.124 e. The van der Waals surface area contributed by atoms with Crippen molar-refractivity contribution in [1.29, 1.82) is 0 Å². The first-order chi connectivity index (χ1) is 11.8. The van der Waals surface area contributed by atoms with Gasteiger partial charge in [0.25, 0.3) is 0 Å². The molecule has 4 heteroatoms. The maximum atomic E-state index is 6.20. The molecule has 4 rings (SSSR count). The van der Waals surface area contributed by atoms with Gasteiger partial charge in [0.1, 0.15) is 17.6 Å². The van der Waals surface area contributed by atoms with Crippen molar-refractivity contribution in [2.45, 2.75) is 56.8 Å². The molecule has 0 amide bonds. The third-order valence-electron chi connectivity index (χ3n) is 5.17. The van der Waals surface area contributed by atoms with Crippen LogP contribution in [0.5, 0.6) is 11.5 Å². The molecule has 1 atom stereocenters. The smallest absolute Gasteiger partial charge is 0.124 e. The van der Waals surface area contributed by atoms with Crippen LogP contribution in [0.2, 0.25) is 0 Å². The Balaban J connectivity index is 0.00000182. The number of nitrogens with two attached hydrogens (primary N) is 1. The van der Waals surface area contributed by atoms with Gasteiger partial charge in [0.15, 0.2) is 0 Å². The van der Waals surface area contributed by atoms with Crippen molar-refractivity contribution < 1.29 is 9.47 Å². The predicted molar refractivity (Wildman–Crippen MR) is 103 cm³/mol. The minimum atomic E-state index is 0. The fraction of sp³-hybridized carbons (Fsp3) is 0.429. The average molecular weight is 360 g/mol. The summed E-state index contributed by atoms with van der Waals surface area (Å²) in [5.41, 5.74) is 8.48. The van der Waals surface area contributed by atoms with Crippen LogP contribution in [0.1, 0.15) is 49.3 Å². The predicted octanol–water partition coefficient (Wildman–Crippen LogP) is 4.82. The second kappa shape index (κ2) is 8.11. The fourth-order valence-corrected chi connectivity index (χ4v) is 3.74. The number of halogens is 1. The zero-order valence-electron chi connectivity index (χ0n) is 14.4. The second-order valence-corrected chi connectivity index (χ2v) is 6.98. The molecule has 1 fully saturated rings. The summed E-state index contributed by atoms with van der Waals surface area (Å²) in [6.45, 7) is 0. The molecule has 0 saturated heterocycles. The topological polar surface area (TPSA) is 44.5 Å². The fourth-order valence-electron chi connectivity index (χ4n) is 3.74. The number of hydrogen-bond donors (Lipinski definition) is 1.